The van der Waals surface area contributed by atoms with Crippen LogP contribution in [0.4, 0.5) is 0 Å². The molecule has 0 fully saturated rings. The van der Waals surface area contributed by atoms with Crippen molar-refractivity contribution in [1.82, 2.24) is 15.5 Å². The van der Waals surface area contributed by atoms with Gasteiger partial charge < -0.3 is 20.6 Å². The second kappa shape index (κ2) is 13.0. The molecule has 0 radical (unpaired) electrons. The van der Waals surface area contributed by atoms with E-state index >= 15 is 0 Å². The fourth-order valence-corrected chi connectivity index (χ4v) is 4.97. The molecule has 202 valence electrons. The van der Waals surface area contributed by atoms with E-state index in [0.29, 0.717) is 0 Å². The topological polar surface area (TPSA) is 98.7 Å². The van der Waals surface area contributed by atoms with Gasteiger partial charge in [0.1, 0.15) is 6.04 Å². The number of rotatable bonds is 12. The minimum absolute atomic E-state index is 0.0134. The SMILES string of the molecule is CCC(CC)(c1ccccc1)[C@H](NC)C(=O)N[C@H](C(=O)N(C)[C@H](C=C(C)C(=O)O)C(C)C)C(C)(C)C. The van der Waals surface area contributed by atoms with Crippen molar-refractivity contribution < 1.29 is 19.5 Å². The van der Waals surface area contributed by atoms with E-state index in [-0.39, 0.29) is 23.3 Å². The highest BCUT2D eigenvalue weighted by Crippen LogP contribution is 2.36. The van der Waals surface area contributed by atoms with Gasteiger partial charge in [0.2, 0.25) is 11.8 Å². The quantitative estimate of drug-likeness (QED) is 0.369. The number of carboxylic acids is 1. The molecule has 1 aromatic rings. The van der Waals surface area contributed by atoms with Gasteiger partial charge >= 0.3 is 5.97 Å². The van der Waals surface area contributed by atoms with Crippen LogP contribution in [0.2, 0.25) is 0 Å². The lowest BCUT2D eigenvalue weighted by molar-refractivity contribution is -0.141. The molecule has 2 amide bonds. The number of likely N-dealkylation sites (N-methyl/N-ethyl adjacent to an activating group) is 2. The first-order chi connectivity index (χ1) is 16.7. The Morgan fingerprint density at radius 2 is 1.56 bits per heavy atom. The Kier molecular flexibility index (Phi) is 11.4. The maximum absolute atomic E-state index is 13.8. The van der Waals surface area contributed by atoms with Crippen LogP contribution >= 0.6 is 0 Å². The molecule has 1 aromatic carbocycles. The van der Waals surface area contributed by atoms with Crippen molar-refractivity contribution >= 4 is 17.8 Å². The zero-order valence-corrected chi connectivity index (χ0v) is 23.8. The number of hydrogen-bond acceptors (Lipinski definition) is 4. The van der Waals surface area contributed by atoms with Crippen LogP contribution in [-0.2, 0) is 19.8 Å². The monoisotopic (exact) mass is 501 g/mol. The van der Waals surface area contributed by atoms with E-state index in [9.17, 15) is 19.5 Å². The van der Waals surface area contributed by atoms with Crippen molar-refractivity contribution in [2.45, 2.75) is 91.8 Å². The molecule has 0 spiro atoms. The fourth-order valence-electron chi connectivity index (χ4n) is 4.97. The number of nitrogens with one attached hydrogen (secondary N) is 2. The predicted octanol–water partition coefficient (Wildman–Crippen LogP) is 4.38. The third kappa shape index (κ3) is 7.19. The molecule has 3 atom stereocenters. The largest absolute Gasteiger partial charge is 0.478 e. The van der Waals surface area contributed by atoms with Crippen molar-refractivity contribution in [3.63, 3.8) is 0 Å². The molecule has 0 aliphatic rings. The first kappa shape index (κ1) is 31.4. The van der Waals surface area contributed by atoms with Crippen molar-refractivity contribution in [3.8, 4) is 0 Å². The maximum atomic E-state index is 13.8. The fraction of sp³-hybridized carbons (Fsp3) is 0.621. The second-order valence-electron chi connectivity index (χ2n) is 11.1. The lowest BCUT2D eigenvalue weighted by atomic mass is 9.69. The van der Waals surface area contributed by atoms with Crippen LogP contribution in [-0.4, -0.2) is 60.0 Å². The number of carbonyl (C=O) groups is 3. The van der Waals surface area contributed by atoms with Gasteiger partial charge in [-0.1, -0.05) is 84.9 Å². The van der Waals surface area contributed by atoms with Gasteiger partial charge in [0.15, 0.2) is 0 Å². The summed E-state index contributed by atoms with van der Waals surface area (Å²) < 4.78 is 0. The van der Waals surface area contributed by atoms with Crippen LogP contribution in [0, 0.1) is 11.3 Å². The van der Waals surface area contributed by atoms with E-state index in [1.54, 1.807) is 25.1 Å². The van der Waals surface area contributed by atoms with Crippen molar-refractivity contribution in [2.24, 2.45) is 11.3 Å². The van der Waals surface area contributed by atoms with Gasteiger partial charge in [0.25, 0.3) is 0 Å². The van der Waals surface area contributed by atoms with E-state index in [2.05, 4.69) is 36.6 Å². The van der Waals surface area contributed by atoms with Gasteiger partial charge in [-0.2, -0.15) is 0 Å². The standard InChI is InChI=1S/C29H47N3O4/c1-11-29(12-2,21-16-14-13-15-17-21)23(30-9)25(33)31-24(28(6,7)8)26(34)32(10)22(19(3)4)18-20(5)27(35)36/h13-19,22-24,30H,11-12H2,1-10H3,(H,31,33)(H,35,36)/t22-,23-,24-/m1/s1. The van der Waals surface area contributed by atoms with Crippen LogP contribution in [0.1, 0.15) is 73.8 Å². The number of benzene rings is 1. The zero-order valence-electron chi connectivity index (χ0n) is 23.8. The maximum Gasteiger partial charge on any atom is 0.331 e. The molecule has 7 nitrogen and oxygen atoms in total. The first-order valence-corrected chi connectivity index (χ1v) is 12.9. The highest BCUT2D eigenvalue weighted by Gasteiger charge is 2.44. The molecule has 0 bridgehead atoms. The van der Waals surface area contributed by atoms with Crippen LogP contribution in [0.3, 0.4) is 0 Å². The Balaban J connectivity index is 3.41. The molecule has 7 heteroatoms. The molecule has 0 saturated carbocycles. The Morgan fingerprint density at radius 3 is 1.94 bits per heavy atom. The van der Waals surface area contributed by atoms with Gasteiger partial charge in [0, 0.05) is 18.0 Å². The normalized spacial score (nSPS) is 15.2. The van der Waals surface area contributed by atoms with Crippen molar-refractivity contribution in [1.29, 1.82) is 0 Å². The Bertz CT molecular complexity index is 914. The summed E-state index contributed by atoms with van der Waals surface area (Å²) in [6.07, 6.45) is 3.10. The number of nitrogens with zero attached hydrogens (tertiary/aromatic N) is 1. The molecule has 0 aliphatic heterocycles. The molecule has 1 rings (SSSR count). The molecule has 0 saturated heterocycles. The van der Waals surface area contributed by atoms with Crippen LogP contribution in [0.25, 0.3) is 0 Å². The number of carboxylic acid groups (broad SMARTS) is 1. The van der Waals surface area contributed by atoms with Gasteiger partial charge in [0.05, 0.1) is 12.1 Å². The lowest BCUT2D eigenvalue weighted by Crippen LogP contribution is -2.62. The molecule has 3 N–H and O–H groups in total. The molecule has 36 heavy (non-hydrogen) atoms. The van der Waals surface area contributed by atoms with Gasteiger partial charge in [-0.3, -0.25) is 9.59 Å². The van der Waals surface area contributed by atoms with Crippen LogP contribution in [0.5, 0.6) is 0 Å². The molecule has 0 unspecified atom stereocenters. The predicted molar refractivity (Wildman–Crippen MR) is 146 cm³/mol. The van der Waals surface area contributed by atoms with Crippen molar-refractivity contribution in [2.75, 3.05) is 14.1 Å². The minimum Gasteiger partial charge on any atom is -0.478 e. The first-order valence-electron chi connectivity index (χ1n) is 12.9. The summed E-state index contributed by atoms with van der Waals surface area (Å²) in [6.45, 7) is 15.3. The number of amides is 2. The third-order valence-corrected chi connectivity index (χ3v) is 7.35. The van der Waals surface area contributed by atoms with Crippen molar-refractivity contribution in [3.05, 3.63) is 47.5 Å². The van der Waals surface area contributed by atoms with E-state index < -0.39 is 34.9 Å². The summed E-state index contributed by atoms with van der Waals surface area (Å²) in [4.78, 5) is 40.6. The van der Waals surface area contributed by atoms with E-state index in [1.807, 2.05) is 52.8 Å². The van der Waals surface area contributed by atoms with Gasteiger partial charge in [-0.15, -0.1) is 0 Å². The molecular weight excluding hydrogens is 454 g/mol. The third-order valence-electron chi connectivity index (χ3n) is 7.35. The molecule has 0 aromatic heterocycles. The average molecular weight is 502 g/mol. The van der Waals surface area contributed by atoms with Crippen LogP contribution in [0.15, 0.2) is 42.0 Å². The number of carbonyl (C=O) groups excluding carboxylic acids is 2. The number of hydrogen-bond donors (Lipinski definition) is 3. The molecule has 0 heterocycles. The Morgan fingerprint density at radius 1 is 1.03 bits per heavy atom. The smallest absolute Gasteiger partial charge is 0.331 e. The zero-order chi connectivity index (χ0) is 27.8. The summed E-state index contributed by atoms with van der Waals surface area (Å²) in [6, 6.07) is 8.25. The highest BCUT2D eigenvalue weighted by atomic mass is 16.4. The van der Waals surface area contributed by atoms with E-state index in [1.165, 1.54) is 6.92 Å². The minimum atomic E-state index is -1.02. The molecule has 0 aliphatic carbocycles. The summed E-state index contributed by atoms with van der Waals surface area (Å²) in [5.41, 5.74) is 0.243. The lowest BCUT2D eigenvalue weighted by Gasteiger charge is -2.42. The summed E-state index contributed by atoms with van der Waals surface area (Å²) in [5, 5.41) is 15.7. The highest BCUT2D eigenvalue weighted by molar-refractivity contribution is 5.91. The summed E-state index contributed by atoms with van der Waals surface area (Å²) in [5.74, 6) is -1.52. The molecular formula is C29H47N3O4. The summed E-state index contributed by atoms with van der Waals surface area (Å²) >= 11 is 0. The van der Waals surface area contributed by atoms with Gasteiger partial charge in [-0.25, -0.2) is 4.79 Å². The number of aliphatic carboxylic acids is 1. The van der Waals surface area contributed by atoms with E-state index in [0.717, 1.165) is 18.4 Å². The Hall–Kier alpha value is -2.67. The van der Waals surface area contributed by atoms with Crippen LogP contribution < -0.4 is 10.6 Å². The average Bonchev–Trinajstić information content (AvgIpc) is 2.82. The Labute approximate surface area is 217 Å². The van der Waals surface area contributed by atoms with Gasteiger partial charge in [-0.05, 0) is 43.7 Å². The van der Waals surface area contributed by atoms with E-state index in [4.69, 9.17) is 0 Å². The second-order valence-corrected chi connectivity index (χ2v) is 11.1. The summed E-state index contributed by atoms with van der Waals surface area (Å²) in [7, 11) is 3.45.